The summed E-state index contributed by atoms with van der Waals surface area (Å²) in [5.74, 6) is 0. The number of halogens is 2. The zero-order valence-corrected chi connectivity index (χ0v) is 13.4. The van der Waals surface area contributed by atoms with Crippen LogP contribution in [0.1, 0.15) is 25.0 Å². The molecule has 0 N–H and O–H groups in total. The lowest BCUT2D eigenvalue weighted by Crippen LogP contribution is -2.15. The molecule has 1 aliphatic rings. The van der Waals surface area contributed by atoms with Gasteiger partial charge in [0.2, 0.25) is 0 Å². The molecule has 0 heterocycles. The second-order valence-electron chi connectivity index (χ2n) is 6.17. The van der Waals surface area contributed by atoms with Crippen molar-refractivity contribution in [1.82, 2.24) is 0 Å². The molecule has 0 saturated heterocycles. The first-order chi connectivity index (χ1) is 9.98. The molecule has 3 aromatic rings. The third-order valence-electron chi connectivity index (χ3n) is 4.55. The van der Waals surface area contributed by atoms with Crippen LogP contribution in [0.5, 0.6) is 0 Å². The van der Waals surface area contributed by atoms with E-state index < -0.39 is 0 Å². The maximum absolute atomic E-state index is 6.23. The first-order valence-electron chi connectivity index (χ1n) is 7.01. The van der Waals surface area contributed by atoms with Crippen molar-refractivity contribution >= 4 is 34.0 Å². The van der Waals surface area contributed by atoms with Gasteiger partial charge in [0.1, 0.15) is 0 Å². The van der Waals surface area contributed by atoms with E-state index in [0.717, 1.165) is 10.0 Å². The van der Waals surface area contributed by atoms with E-state index in [9.17, 15) is 0 Å². The van der Waals surface area contributed by atoms with Gasteiger partial charge in [0, 0.05) is 15.5 Å². The zero-order valence-electron chi connectivity index (χ0n) is 11.9. The minimum Gasteiger partial charge on any atom is -0.0843 e. The summed E-state index contributed by atoms with van der Waals surface area (Å²) in [6.45, 7) is 4.54. The predicted octanol–water partition coefficient (Wildman–Crippen LogP) is 6.45. The summed E-state index contributed by atoms with van der Waals surface area (Å²) in [4.78, 5) is 0. The number of benzene rings is 3. The summed E-state index contributed by atoms with van der Waals surface area (Å²) in [5, 5.41) is 4.02. The van der Waals surface area contributed by atoms with Crippen molar-refractivity contribution < 1.29 is 0 Å². The van der Waals surface area contributed by atoms with Gasteiger partial charge in [0.25, 0.3) is 0 Å². The molecule has 104 valence electrons. The van der Waals surface area contributed by atoms with Crippen LogP contribution in [0.25, 0.3) is 21.9 Å². The van der Waals surface area contributed by atoms with Crippen molar-refractivity contribution in [3.8, 4) is 11.1 Å². The highest BCUT2D eigenvalue weighted by Crippen LogP contribution is 2.51. The smallest absolute Gasteiger partial charge is 0.0412 e. The van der Waals surface area contributed by atoms with Gasteiger partial charge in [-0.05, 0) is 57.3 Å². The summed E-state index contributed by atoms with van der Waals surface area (Å²) in [6, 6.07) is 16.7. The molecular weight excluding hydrogens is 299 g/mol. The lowest BCUT2D eigenvalue weighted by molar-refractivity contribution is 0.666. The second kappa shape index (κ2) is 4.25. The van der Waals surface area contributed by atoms with Crippen molar-refractivity contribution in [2.24, 2.45) is 0 Å². The van der Waals surface area contributed by atoms with Crippen LogP contribution in [0.4, 0.5) is 0 Å². The Morgan fingerprint density at radius 1 is 0.762 bits per heavy atom. The summed E-state index contributed by atoms with van der Waals surface area (Å²) >= 11 is 12.4. The lowest BCUT2D eigenvalue weighted by Gasteiger charge is -2.23. The Morgan fingerprint density at radius 3 is 2.24 bits per heavy atom. The lowest BCUT2D eigenvalue weighted by atomic mass is 9.80. The van der Waals surface area contributed by atoms with Gasteiger partial charge in [-0.25, -0.2) is 0 Å². The highest BCUT2D eigenvalue weighted by Gasteiger charge is 2.36. The Hall–Kier alpha value is -1.50. The fourth-order valence-corrected chi connectivity index (χ4v) is 3.95. The molecule has 0 atom stereocenters. The number of hydrogen-bond donors (Lipinski definition) is 0. The molecule has 0 bridgehead atoms. The minimum atomic E-state index is -0.0422. The van der Waals surface area contributed by atoms with Crippen molar-refractivity contribution in [2.45, 2.75) is 19.3 Å². The van der Waals surface area contributed by atoms with E-state index in [2.05, 4.69) is 50.2 Å². The summed E-state index contributed by atoms with van der Waals surface area (Å²) < 4.78 is 0. The summed E-state index contributed by atoms with van der Waals surface area (Å²) in [6.07, 6.45) is 0. The first kappa shape index (κ1) is 13.2. The number of rotatable bonds is 0. The molecule has 0 unspecified atom stereocenters. The number of hydrogen-bond acceptors (Lipinski definition) is 0. The molecule has 2 heteroatoms. The molecule has 0 aliphatic heterocycles. The highest BCUT2D eigenvalue weighted by atomic mass is 35.5. The van der Waals surface area contributed by atoms with E-state index in [1.807, 2.05) is 12.1 Å². The highest BCUT2D eigenvalue weighted by molar-refractivity contribution is 6.31. The average molecular weight is 313 g/mol. The molecule has 0 saturated carbocycles. The molecule has 0 radical (unpaired) electrons. The van der Waals surface area contributed by atoms with E-state index in [0.29, 0.717) is 0 Å². The maximum atomic E-state index is 6.23. The van der Waals surface area contributed by atoms with E-state index >= 15 is 0 Å². The fourth-order valence-electron chi connectivity index (χ4n) is 3.61. The quantitative estimate of drug-likeness (QED) is 0.447. The van der Waals surface area contributed by atoms with Crippen LogP contribution in [-0.2, 0) is 5.41 Å². The molecule has 21 heavy (non-hydrogen) atoms. The minimum absolute atomic E-state index is 0.0422. The van der Waals surface area contributed by atoms with Gasteiger partial charge in [-0.15, -0.1) is 0 Å². The first-order valence-corrected chi connectivity index (χ1v) is 7.77. The molecule has 0 fully saturated rings. The van der Waals surface area contributed by atoms with Crippen LogP contribution in [0.3, 0.4) is 0 Å². The predicted molar refractivity (Wildman–Crippen MR) is 91.5 cm³/mol. The van der Waals surface area contributed by atoms with Gasteiger partial charge in [0.15, 0.2) is 0 Å². The Bertz CT molecular complexity index is 891. The van der Waals surface area contributed by atoms with Gasteiger partial charge in [0.05, 0.1) is 0 Å². The van der Waals surface area contributed by atoms with Gasteiger partial charge in [-0.3, -0.25) is 0 Å². The molecule has 0 aromatic heterocycles. The molecule has 0 amide bonds. The number of fused-ring (bicyclic) bond motifs is 5. The monoisotopic (exact) mass is 312 g/mol. The standard InChI is InChI=1S/C19H14Cl2/c1-19(2)17-8-6-13(21)10-16(17)14-7-4-11-3-5-12(20)9-15(11)18(14)19/h3-10H,1-2H3. The third-order valence-corrected chi connectivity index (χ3v) is 5.02. The Kier molecular flexibility index (Phi) is 2.67. The maximum Gasteiger partial charge on any atom is 0.0412 e. The van der Waals surface area contributed by atoms with Crippen LogP contribution in [0, 0.1) is 0 Å². The van der Waals surface area contributed by atoms with Gasteiger partial charge in [-0.1, -0.05) is 61.3 Å². The average Bonchev–Trinajstić information content (AvgIpc) is 2.67. The molecule has 0 nitrogen and oxygen atoms in total. The van der Waals surface area contributed by atoms with Crippen LogP contribution in [0.2, 0.25) is 10.0 Å². The van der Waals surface area contributed by atoms with Crippen LogP contribution < -0.4 is 0 Å². The normalized spacial score (nSPS) is 15.0. The largest absolute Gasteiger partial charge is 0.0843 e. The second-order valence-corrected chi connectivity index (χ2v) is 7.04. The fraction of sp³-hybridized carbons (Fsp3) is 0.158. The zero-order chi connectivity index (χ0) is 14.8. The molecule has 0 spiro atoms. The van der Waals surface area contributed by atoms with Crippen LogP contribution >= 0.6 is 23.2 Å². The Morgan fingerprint density at radius 2 is 1.43 bits per heavy atom. The van der Waals surface area contributed by atoms with Crippen LogP contribution in [0.15, 0.2) is 48.5 Å². The van der Waals surface area contributed by atoms with E-state index in [-0.39, 0.29) is 5.41 Å². The van der Waals surface area contributed by atoms with Gasteiger partial charge in [-0.2, -0.15) is 0 Å². The van der Waals surface area contributed by atoms with Gasteiger partial charge >= 0.3 is 0 Å². The van der Waals surface area contributed by atoms with Crippen molar-refractivity contribution in [3.05, 3.63) is 69.7 Å². The van der Waals surface area contributed by atoms with Crippen molar-refractivity contribution in [3.63, 3.8) is 0 Å². The van der Waals surface area contributed by atoms with Gasteiger partial charge < -0.3 is 0 Å². The Labute approximate surface area is 134 Å². The molecular formula is C19H14Cl2. The van der Waals surface area contributed by atoms with Crippen LogP contribution in [-0.4, -0.2) is 0 Å². The van der Waals surface area contributed by atoms with Crippen molar-refractivity contribution in [2.75, 3.05) is 0 Å². The van der Waals surface area contributed by atoms with E-state index in [1.165, 1.54) is 33.0 Å². The van der Waals surface area contributed by atoms with Crippen molar-refractivity contribution in [1.29, 1.82) is 0 Å². The molecule has 4 rings (SSSR count). The summed E-state index contributed by atoms with van der Waals surface area (Å²) in [5.41, 5.74) is 5.14. The molecule has 3 aromatic carbocycles. The third kappa shape index (κ3) is 1.76. The Balaban J connectivity index is 2.17. The molecule has 1 aliphatic carbocycles. The summed E-state index contributed by atoms with van der Waals surface area (Å²) in [7, 11) is 0. The van der Waals surface area contributed by atoms with E-state index in [1.54, 1.807) is 0 Å². The topological polar surface area (TPSA) is 0 Å². The van der Waals surface area contributed by atoms with E-state index in [4.69, 9.17) is 23.2 Å². The SMILES string of the molecule is CC1(C)c2ccc(Cl)cc2-c2ccc3ccc(Cl)cc3c21.